The number of anilines is 2. The first-order valence-corrected chi connectivity index (χ1v) is 11.5. The van der Waals surface area contributed by atoms with Crippen molar-refractivity contribution < 1.29 is 14.5 Å². The quantitative estimate of drug-likeness (QED) is 0.200. The second-order valence-electron chi connectivity index (χ2n) is 8.37. The van der Waals surface area contributed by atoms with Gasteiger partial charge in [0.05, 0.1) is 4.92 Å². The summed E-state index contributed by atoms with van der Waals surface area (Å²) in [7, 11) is 0. The number of carbonyl (C=O) groups is 2. The molecule has 180 valence electrons. The molecule has 5 aromatic rings. The average molecular weight is 488 g/mol. The van der Waals surface area contributed by atoms with Crippen LogP contribution in [0.15, 0.2) is 115 Å². The van der Waals surface area contributed by atoms with Gasteiger partial charge in [0.2, 0.25) is 0 Å². The molecule has 0 atom stereocenters. The highest BCUT2D eigenvalue weighted by Crippen LogP contribution is 2.34. The van der Waals surface area contributed by atoms with Gasteiger partial charge in [-0.2, -0.15) is 0 Å². The molecule has 0 fully saturated rings. The van der Waals surface area contributed by atoms with Crippen molar-refractivity contribution in [1.29, 1.82) is 0 Å². The summed E-state index contributed by atoms with van der Waals surface area (Å²) in [6, 6.07) is 33.4. The van der Waals surface area contributed by atoms with Gasteiger partial charge in [0.15, 0.2) is 0 Å². The molecule has 0 aromatic heterocycles. The summed E-state index contributed by atoms with van der Waals surface area (Å²) in [6.45, 7) is 0. The normalized spacial score (nSPS) is 10.6. The third kappa shape index (κ3) is 5.06. The van der Waals surface area contributed by atoms with Gasteiger partial charge in [0.1, 0.15) is 0 Å². The summed E-state index contributed by atoms with van der Waals surface area (Å²) in [5.41, 5.74) is 3.32. The zero-order valence-corrected chi connectivity index (χ0v) is 19.5. The van der Waals surface area contributed by atoms with Crippen molar-refractivity contribution in [3.8, 4) is 11.1 Å². The van der Waals surface area contributed by atoms with Crippen LogP contribution < -0.4 is 10.6 Å². The minimum absolute atomic E-state index is 0.0898. The number of nitrogens with one attached hydrogen (secondary N) is 2. The van der Waals surface area contributed by atoms with Crippen LogP contribution in [0.3, 0.4) is 0 Å². The molecule has 5 aromatic carbocycles. The Bertz CT molecular complexity index is 1640. The monoisotopic (exact) mass is 487 g/mol. The van der Waals surface area contributed by atoms with E-state index in [9.17, 15) is 19.7 Å². The van der Waals surface area contributed by atoms with Crippen molar-refractivity contribution >= 4 is 39.6 Å². The first-order chi connectivity index (χ1) is 18.0. The van der Waals surface area contributed by atoms with Gasteiger partial charge in [0.25, 0.3) is 17.5 Å². The Kier molecular flexibility index (Phi) is 6.42. The largest absolute Gasteiger partial charge is 0.321 e. The highest BCUT2D eigenvalue weighted by atomic mass is 16.6. The lowest BCUT2D eigenvalue weighted by Crippen LogP contribution is -2.14. The van der Waals surface area contributed by atoms with Gasteiger partial charge >= 0.3 is 0 Å². The molecule has 2 N–H and O–H groups in total. The van der Waals surface area contributed by atoms with Gasteiger partial charge in [-0.15, -0.1) is 0 Å². The van der Waals surface area contributed by atoms with E-state index >= 15 is 0 Å². The molecule has 0 saturated heterocycles. The number of nitrogens with zero attached hydrogens (tertiary/aromatic N) is 1. The number of carbonyl (C=O) groups excluding carboxylic acids is 2. The van der Waals surface area contributed by atoms with E-state index in [1.165, 1.54) is 24.3 Å². The van der Waals surface area contributed by atoms with Gasteiger partial charge in [0, 0.05) is 45.8 Å². The number of benzene rings is 5. The number of nitro groups is 1. The fraction of sp³-hybridized carbons (Fsp3) is 0. The maximum atomic E-state index is 13.1. The van der Waals surface area contributed by atoms with Crippen LogP contribution in [-0.2, 0) is 0 Å². The molecule has 0 aliphatic rings. The Morgan fingerprint density at radius 3 is 1.65 bits per heavy atom. The number of fused-ring (bicyclic) bond motifs is 1. The van der Waals surface area contributed by atoms with Crippen LogP contribution in [0, 0.1) is 10.1 Å². The third-order valence-corrected chi connectivity index (χ3v) is 5.99. The van der Waals surface area contributed by atoms with Gasteiger partial charge in [-0.3, -0.25) is 19.7 Å². The lowest BCUT2D eigenvalue weighted by molar-refractivity contribution is -0.384. The van der Waals surface area contributed by atoms with Crippen molar-refractivity contribution in [1.82, 2.24) is 0 Å². The Labute approximate surface area is 212 Å². The molecule has 2 amide bonds. The molecular weight excluding hydrogens is 466 g/mol. The number of nitro benzene ring substituents is 1. The minimum Gasteiger partial charge on any atom is -0.321 e. The second kappa shape index (κ2) is 10.1. The van der Waals surface area contributed by atoms with Crippen LogP contribution in [0.5, 0.6) is 0 Å². The van der Waals surface area contributed by atoms with E-state index in [0.29, 0.717) is 28.1 Å². The van der Waals surface area contributed by atoms with E-state index in [-0.39, 0.29) is 11.6 Å². The SMILES string of the molecule is O=C(Nc1ccccc1-c1ccccc1NC(=O)c1ccc2ccccc2c1)c1ccc([N+](=O)[O-])cc1. The Hall–Kier alpha value is -5.30. The first kappa shape index (κ1) is 23.4. The van der Waals surface area contributed by atoms with Crippen LogP contribution in [0.2, 0.25) is 0 Å². The predicted molar refractivity (Wildman–Crippen MR) is 145 cm³/mol. The fourth-order valence-electron chi connectivity index (χ4n) is 4.11. The molecule has 7 nitrogen and oxygen atoms in total. The van der Waals surface area contributed by atoms with Crippen molar-refractivity contribution in [3.05, 3.63) is 137 Å². The lowest BCUT2D eigenvalue weighted by Gasteiger charge is -2.16. The highest BCUT2D eigenvalue weighted by Gasteiger charge is 2.16. The zero-order chi connectivity index (χ0) is 25.8. The van der Waals surface area contributed by atoms with Crippen molar-refractivity contribution in [2.24, 2.45) is 0 Å². The van der Waals surface area contributed by atoms with Gasteiger partial charge in [-0.25, -0.2) is 0 Å². The van der Waals surface area contributed by atoms with Gasteiger partial charge < -0.3 is 10.6 Å². The second-order valence-corrected chi connectivity index (χ2v) is 8.37. The summed E-state index contributed by atoms with van der Waals surface area (Å²) in [5.74, 6) is -0.648. The first-order valence-electron chi connectivity index (χ1n) is 11.5. The Morgan fingerprint density at radius 1 is 0.568 bits per heavy atom. The van der Waals surface area contributed by atoms with Crippen LogP contribution in [0.25, 0.3) is 21.9 Å². The fourth-order valence-corrected chi connectivity index (χ4v) is 4.11. The summed E-state index contributed by atoms with van der Waals surface area (Å²) in [6.07, 6.45) is 0. The van der Waals surface area contributed by atoms with E-state index in [0.717, 1.165) is 16.3 Å². The molecule has 0 unspecified atom stereocenters. The standard InChI is InChI=1S/C30H21N3O4/c34-29(21-15-17-24(18-16-21)33(36)37)31-27-11-5-3-9-25(27)26-10-4-6-12-28(26)32-30(35)23-14-13-20-7-1-2-8-22(20)19-23/h1-19H,(H,31,34)(H,32,35). The number of rotatable bonds is 6. The summed E-state index contributed by atoms with van der Waals surface area (Å²) < 4.78 is 0. The highest BCUT2D eigenvalue weighted by molar-refractivity contribution is 6.10. The molecule has 0 spiro atoms. The summed E-state index contributed by atoms with van der Waals surface area (Å²) in [5, 5.41) is 18.8. The predicted octanol–water partition coefficient (Wildman–Crippen LogP) is 6.92. The van der Waals surface area contributed by atoms with Gasteiger partial charge in [-0.05, 0) is 47.2 Å². The molecule has 0 aliphatic carbocycles. The summed E-state index contributed by atoms with van der Waals surface area (Å²) >= 11 is 0. The topological polar surface area (TPSA) is 101 Å². The maximum Gasteiger partial charge on any atom is 0.269 e. The van der Waals surface area contributed by atoms with Crippen LogP contribution in [0.4, 0.5) is 17.1 Å². The van der Waals surface area contributed by atoms with E-state index in [1.54, 1.807) is 18.2 Å². The number of amides is 2. The minimum atomic E-state index is -0.514. The molecular formula is C30H21N3O4. The number of hydrogen-bond acceptors (Lipinski definition) is 4. The molecule has 7 heteroatoms. The molecule has 0 heterocycles. The molecule has 0 radical (unpaired) electrons. The average Bonchev–Trinajstić information content (AvgIpc) is 2.93. The zero-order valence-electron chi connectivity index (χ0n) is 19.5. The number of non-ortho nitro benzene ring substituents is 1. The van der Waals surface area contributed by atoms with E-state index in [4.69, 9.17) is 0 Å². The van der Waals surface area contributed by atoms with Crippen LogP contribution in [-0.4, -0.2) is 16.7 Å². The van der Waals surface area contributed by atoms with E-state index in [2.05, 4.69) is 10.6 Å². The van der Waals surface area contributed by atoms with E-state index < -0.39 is 10.8 Å². The lowest BCUT2D eigenvalue weighted by atomic mass is 10.0. The Balaban J connectivity index is 1.42. The number of hydrogen-bond donors (Lipinski definition) is 2. The van der Waals surface area contributed by atoms with Crippen LogP contribution >= 0.6 is 0 Å². The summed E-state index contributed by atoms with van der Waals surface area (Å²) in [4.78, 5) is 36.4. The molecule has 0 saturated carbocycles. The molecule has 37 heavy (non-hydrogen) atoms. The van der Waals surface area contributed by atoms with Gasteiger partial charge in [-0.1, -0.05) is 66.7 Å². The van der Waals surface area contributed by atoms with Crippen molar-refractivity contribution in [3.63, 3.8) is 0 Å². The van der Waals surface area contributed by atoms with Crippen LogP contribution in [0.1, 0.15) is 20.7 Å². The third-order valence-electron chi connectivity index (χ3n) is 5.99. The molecule has 0 aliphatic heterocycles. The molecule has 5 rings (SSSR count). The smallest absolute Gasteiger partial charge is 0.269 e. The number of para-hydroxylation sites is 2. The molecule has 0 bridgehead atoms. The van der Waals surface area contributed by atoms with Crippen molar-refractivity contribution in [2.75, 3.05) is 10.6 Å². The van der Waals surface area contributed by atoms with E-state index in [1.807, 2.05) is 72.8 Å². The Morgan fingerprint density at radius 2 is 1.05 bits per heavy atom. The van der Waals surface area contributed by atoms with Crippen molar-refractivity contribution in [2.45, 2.75) is 0 Å². The maximum absolute atomic E-state index is 13.1.